The first kappa shape index (κ1) is 14.2. The maximum Gasteiger partial charge on any atom is 0.0594 e. The second-order valence-electron chi connectivity index (χ2n) is 6.57. The summed E-state index contributed by atoms with van der Waals surface area (Å²) in [5, 5.41) is 5.12. The smallest absolute Gasteiger partial charge is 0.0594 e. The fourth-order valence-electron chi connectivity index (χ4n) is 3.81. The molecule has 1 aromatic heterocycles. The van der Waals surface area contributed by atoms with E-state index in [0.717, 1.165) is 45.8 Å². The predicted octanol–water partition coefficient (Wildman–Crippen LogP) is 2.39. The van der Waals surface area contributed by atoms with Gasteiger partial charge >= 0.3 is 0 Å². The number of aromatic amines is 1. The third-order valence-electron chi connectivity index (χ3n) is 5.05. The third-order valence-corrected chi connectivity index (χ3v) is 5.05. The average Bonchev–Trinajstić information content (AvgIpc) is 2.92. The Balaban J connectivity index is 1.54. The van der Waals surface area contributed by atoms with Gasteiger partial charge in [0.25, 0.3) is 0 Å². The Morgan fingerprint density at radius 2 is 2.14 bits per heavy atom. The van der Waals surface area contributed by atoms with Crippen LogP contribution in [0.2, 0.25) is 0 Å². The summed E-state index contributed by atoms with van der Waals surface area (Å²) in [5.74, 6) is 0. The Labute approximate surface area is 131 Å². The maximum absolute atomic E-state index is 5.44. The highest BCUT2D eigenvalue weighted by Crippen LogP contribution is 2.32. The highest BCUT2D eigenvalue weighted by molar-refractivity contribution is 5.85. The Morgan fingerprint density at radius 3 is 3.00 bits per heavy atom. The van der Waals surface area contributed by atoms with Crippen LogP contribution in [0.25, 0.3) is 10.9 Å². The van der Waals surface area contributed by atoms with Crippen LogP contribution in [0.15, 0.2) is 18.2 Å². The number of rotatable bonds is 3. The lowest BCUT2D eigenvalue weighted by Gasteiger charge is -2.30. The fourth-order valence-corrected chi connectivity index (χ4v) is 3.81. The number of ether oxygens (including phenoxy) is 1. The number of aryl methyl sites for hydroxylation is 1. The largest absolute Gasteiger partial charge is 0.379 e. The molecule has 0 amide bonds. The van der Waals surface area contributed by atoms with Gasteiger partial charge in [0.05, 0.1) is 13.2 Å². The summed E-state index contributed by atoms with van der Waals surface area (Å²) in [4.78, 5) is 6.21. The van der Waals surface area contributed by atoms with Crippen molar-refractivity contribution >= 4 is 10.9 Å². The monoisotopic (exact) mass is 299 g/mol. The first-order chi connectivity index (χ1) is 10.8. The number of fused-ring (bicyclic) bond motifs is 3. The second-order valence-corrected chi connectivity index (χ2v) is 6.57. The van der Waals surface area contributed by atoms with E-state index < -0.39 is 0 Å². The minimum absolute atomic E-state index is 0.458. The number of H-pyrrole nitrogens is 1. The van der Waals surface area contributed by atoms with E-state index in [1.807, 2.05) is 0 Å². The molecule has 1 saturated heterocycles. The lowest BCUT2D eigenvalue weighted by atomic mass is 9.97. The molecule has 3 heterocycles. The topological polar surface area (TPSA) is 40.3 Å². The molecule has 0 aliphatic carbocycles. The van der Waals surface area contributed by atoms with Gasteiger partial charge in [-0.25, -0.2) is 0 Å². The van der Waals surface area contributed by atoms with E-state index in [0.29, 0.717) is 6.04 Å². The van der Waals surface area contributed by atoms with Crippen molar-refractivity contribution in [2.45, 2.75) is 25.8 Å². The van der Waals surface area contributed by atoms with Crippen LogP contribution in [-0.4, -0.2) is 49.3 Å². The number of benzene rings is 1. The molecular formula is C18H25N3O. The molecule has 118 valence electrons. The van der Waals surface area contributed by atoms with Crippen molar-refractivity contribution < 1.29 is 4.74 Å². The lowest BCUT2D eigenvalue weighted by Crippen LogP contribution is -2.39. The molecule has 0 spiro atoms. The zero-order chi connectivity index (χ0) is 14.9. The summed E-state index contributed by atoms with van der Waals surface area (Å²) in [7, 11) is 0. The van der Waals surface area contributed by atoms with Gasteiger partial charge in [-0.05, 0) is 43.5 Å². The number of nitrogens with one attached hydrogen (secondary N) is 2. The number of aromatic nitrogens is 1. The van der Waals surface area contributed by atoms with Crippen LogP contribution in [-0.2, 0) is 11.2 Å². The highest BCUT2D eigenvalue weighted by atomic mass is 16.5. The summed E-state index contributed by atoms with van der Waals surface area (Å²) in [6, 6.07) is 7.23. The fraction of sp³-hybridized carbons (Fsp3) is 0.556. The summed E-state index contributed by atoms with van der Waals surface area (Å²) in [6.45, 7) is 8.31. The summed E-state index contributed by atoms with van der Waals surface area (Å²) >= 11 is 0. The number of hydrogen-bond donors (Lipinski definition) is 2. The van der Waals surface area contributed by atoms with Crippen molar-refractivity contribution in [2.75, 3.05) is 39.4 Å². The molecular weight excluding hydrogens is 274 g/mol. The number of hydrogen-bond acceptors (Lipinski definition) is 3. The summed E-state index contributed by atoms with van der Waals surface area (Å²) in [6.07, 6.45) is 2.30. The van der Waals surface area contributed by atoms with Gasteiger partial charge < -0.3 is 15.0 Å². The zero-order valence-corrected chi connectivity index (χ0v) is 13.3. The van der Waals surface area contributed by atoms with Gasteiger partial charge in [-0.2, -0.15) is 0 Å². The van der Waals surface area contributed by atoms with Gasteiger partial charge in [-0.3, -0.25) is 4.90 Å². The van der Waals surface area contributed by atoms with Crippen LogP contribution in [0.4, 0.5) is 0 Å². The molecule has 2 aliphatic rings. The molecule has 4 heteroatoms. The van der Waals surface area contributed by atoms with Crippen molar-refractivity contribution in [3.8, 4) is 0 Å². The average molecular weight is 299 g/mol. The van der Waals surface area contributed by atoms with Gasteiger partial charge in [-0.1, -0.05) is 12.1 Å². The van der Waals surface area contributed by atoms with Gasteiger partial charge in [0.15, 0.2) is 0 Å². The molecule has 4 rings (SSSR count). The molecule has 4 nitrogen and oxygen atoms in total. The summed E-state index contributed by atoms with van der Waals surface area (Å²) in [5.41, 5.74) is 5.56. The van der Waals surface area contributed by atoms with Crippen molar-refractivity contribution in [1.82, 2.24) is 15.2 Å². The molecule has 0 radical (unpaired) electrons. The van der Waals surface area contributed by atoms with Crippen LogP contribution in [0.3, 0.4) is 0 Å². The van der Waals surface area contributed by atoms with Crippen molar-refractivity contribution in [1.29, 1.82) is 0 Å². The molecule has 2 N–H and O–H groups in total. The van der Waals surface area contributed by atoms with Gasteiger partial charge in [0.1, 0.15) is 0 Å². The molecule has 22 heavy (non-hydrogen) atoms. The van der Waals surface area contributed by atoms with E-state index in [9.17, 15) is 0 Å². The Morgan fingerprint density at radius 1 is 1.27 bits per heavy atom. The van der Waals surface area contributed by atoms with Crippen LogP contribution < -0.4 is 5.32 Å². The maximum atomic E-state index is 5.44. The van der Waals surface area contributed by atoms with Crippen LogP contribution in [0, 0.1) is 6.92 Å². The van der Waals surface area contributed by atoms with E-state index in [-0.39, 0.29) is 0 Å². The van der Waals surface area contributed by atoms with Crippen molar-refractivity contribution in [3.63, 3.8) is 0 Å². The quantitative estimate of drug-likeness (QED) is 0.914. The Kier molecular flexibility index (Phi) is 3.90. The van der Waals surface area contributed by atoms with Crippen molar-refractivity contribution in [3.05, 3.63) is 35.0 Å². The number of morpholine rings is 1. The van der Waals surface area contributed by atoms with Crippen LogP contribution >= 0.6 is 0 Å². The third kappa shape index (κ3) is 2.67. The molecule has 1 atom stereocenters. The minimum atomic E-state index is 0.458. The van der Waals surface area contributed by atoms with Crippen LogP contribution in [0.5, 0.6) is 0 Å². The van der Waals surface area contributed by atoms with Gasteiger partial charge in [-0.15, -0.1) is 0 Å². The SMILES string of the molecule is Cc1ccc2c3c([nH]c2c1)[C@H](CCN1CCOCC1)NCC3. The van der Waals surface area contributed by atoms with Crippen molar-refractivity contribution in [2.24, 2.45) is 0 Å². The molecule has 0 saturated carbocycles. The lowest BCUT2D eigenvalue weighted by molar-refractivity contribution is 0.0360. The Bertz CT molecular complexity index is 658. The molecule has 2 aromatic rings. The van der Waals surface area contributed by atoms with E-state index in [2.05, 4.69) is 40.3 Å². The molecule has 2 aliphatic heterocycles. The van der Waals surface area contributed by atoms with E-state index >= 15 is 0 Å². The van der Waals surface area contributed by atoms with Crippen LogP contribution in [0.1, 0.15) is 29.3 Å². The first-order valence-corrected chi connectivity index (χ1v) is 8.46. The van der Waals surface area contributed by atoms with Gasteiger partial charge in [0.2, 0.25) is 0 Å². The molecule has 1 fully saturated rings. The van der Waals surface area contributed by atoms with E-state index in [4.69, 9.17) is 4.74 Å². The minimum Gasteiger partial charge on any atom is -0.379 e. The first-order valence-electron chi connectivity index (χ1n) is 8.46. The Hall–Kier alpha value is -1.36. The molecule has 0 unspecified atom stereocenters. The van der Waals surface area contributed by atoms with Gasteiger partial charge in [0, 0.05) is 42.3 Å². The summed E-state index contributed by atoms with van der Waals surface area (Å²) < 4.78 is 5.44. The predicted molar refractivity (Wildman–Crippen MR) is 89.4 cm³/mol. The zero-order valence-electron chi connectivity index (χ0n) is 13.3. The number of nitrogens with zero attached hydrogens (tertiary/aromatic N) is 1. The highest BCUT2D eigenvalue weighted by Gasteiger charge is 2.24. The standard InChI is InChI=1S/C18H25N3O/c1-13-2-3-14-15-4-6-19-16(18(15)20-17(14)12-13)5-7-21-8-10-22-11-9-21/h2-3,12,16,19-20H,4-11H2,1H3/t16-/m0/s1. The van der Waals surface area contributed by atoms with E-state index in [1.165, 1.54) is 34.1 Å². The van der Waals surface area contributed by atoms with E-state index in [1.54, 1.807) is 0 Å². The normalized spacial score (nSPS) is 22.9. The second kappa shape index (κ2) is 6.03. The molecule has 0 bridgehead atoms. The molecule has 1 aromatic carbocycles.